The molecule has 0 heterocycles. The maximum atomic E-state index is 10.5. The fraction of sp³-hybridized carbons (Fsp3) is 0.714. The Bertz CT molecular complexity index is 400. The SMILES string of the molecule is CNC(=O)ON=CC(C)(C)SC.CNC(=O)ON=CC(C)(C)SC. The van der Waals surface area contributed by atoms with E-state index in [9.17, 15) is 9.59 Å². The molecule has 0 aromatic heterocycles. The molecule has 0 saturated carbocycles. The van der Waals surface area contributed by atoms with Gasteiger partial charge in [0.15, 0.2) is 0 Å². The maximum absolute atomic E-state index is 10.5. The Morgan fingerprint density at radius 2 is 1.12 bits per heavy atom. The van der Waals surface area contributed by atoms with Gasteiger partial charge in [-0.25, -0.2) is 9.59 Å². The van der Waals surface area contributed by atoms with E-state index in [4.69, 9.17) is 0 Å². The summed E-state index contributed by atoms with van der Waals surface area (Å²) in [5, 5.41) is 11.6. The number of carbonyl (C=O) groups is 2. The van der Waals surface area contributed by atoms with Gasteiger partial charge in [0.1, 0.15) is 0 Å². The van der Waals surface area contributed by atoms with Crippen LogP contribution in [0.2, 0.25) is 0 Å². The van der Waals surface area contributed by atoms with E-state index in [0.717, 1.165) is 0 Å². The Kier molecular flexibility index (Phi) is 13.4. The molecule has 2 amide bonds. The first-order valence-corrected chi connectivity index (χ1v) is 9.45. The lowest BCUT2D eigenvalue weighted by molar-refractivity contribution is 0.152. The molecule has 0 bridgehead atoms. The van der Waals surface area contributed by atoms with Crippen LogP contribution < -0.4 is 10.6 Å². The molecule has 10 heteroatoms. The van der Waals surface area contributed by atoms with Crippen molar-refractivity contribution in [2.24, 2.45) is 10.3 Å². The molecule has 0 spiro atoms. The number of rotatable bonds is 6. The zero-order valence-corrected chi connectivity index (χ0v) is 17.1. The molecule has 8 nitrogen and oxygen atoms in total. The first-order valence-electron chi connectivity index (χ1n) is 7.00. The highest BCUT2D eigenvalue weighted by Gasteiger charge is 2.13. The quantitative estimate of drug-likeness (QED) is 0.417. The first-order chi connectivity index (χ1) is 11.0. The third-order valence-electron chi connectivity index (χ3n) is 2.46. The van der Waals surface area contributed by atoms with Gasteiger partial charge in [-0.05, 0) is 40.2 Å². The molecule has 0 radical (unpaired) electrons. The summed E-state index contributed by atoms with van der Waals surface area (Å²) >= 11 is 3.25. The molecule has 0 aromatic carbocycles. The highest BCUT2D eigenvalue weighted by Crippen LogP contribution is 2.18. The van der Waals surface area contributed by atoms with E-state index in [1.165, 1.54) is 14.1 Å². The van der Waals surface area contributed by atoms with E-state index in [0.29, 0.717) is 0 Å². The van der Waals surface area contributed by atoms with Crippen molar-refractivity contribution in [1.82, 2.24) is 10.6 Å². The topological polar surface area (TPSA) is 101 Å². The average molecular weight is 381 g/mol. The van der Waals surface area contributed by atoms with E-state index >= 15 is 0 Å². The molecule has 2 N–H and O–H groups in total. The minimum atomic E-state index is -0.553. The molecule has 0 atom stereocenters. The number of nitrogens with one attached hydrogen (secondary N) is 2. The van der Waals surface area contributed by atoms with Gasteiger partial charge in [0.05, 0.1) is 12.4 Å². The highest BCUT2D eigenvalue weighted by molar-refractivity contribution is 8.00. The van der Waals surface area contributed by atoms with Crippen LogP contribution in [0.5, 0.6) is 0 Å². The van der Waals surface area contributed by atoms with E-state index in [1.54, 1.807) is 36.0 Å². The van der Waals surface area contributed by atoms with Gasteiger partial charge < -0.3 is 10.6 Å². The van der Waals surface area contributed by atoms with E-state index in [-0.39, 0.29) is 9.49 Å². The fourth-order valence-electron chi connectivity index (χ4n) is 0.599. The van der Waals surface area contributed by atoms with E-state index in [1.807, 2.05) is 40.2 Å². The lowest BCUT2D eigenvalue weighted by Crippen LogP contribution is -2.19. The molecule has 0 fully saturated rings. The predicted octanol–water partition coefficient (Wildman–Crippen LogP) is 2.94. The monoisotopic (exact) mass is 380 g/mol. The van der Waals surface area contributed by atoms with Gasteiger partial charge in [0.2, 0.25) is 0 Å². The Morgan fingerprint density at radius 1 is 0.833 bits per heavy atom. The predicted molar refractivity (Wildman–Crippen MR) is 103 cm³/mol. The van der Waals surface area contributed by atoms with Gasteiger partial charge in [0.25, 0.3) is 0 Å². The minimum absolute atomic E-state index is 0.103. The summed E-state index contributed by atoms with van der Waals surface area (Å²) in [5.41, 5.74) is 0. The molecule has 0 saturated heterocycles. The van der Waals surface area contributed by atoms with Crippen molar-refractivity contribution in [2.45, 2.75) is 37.2 Å². The number of nitrogens with zero attached hydrogens (tertiary/aromatic N) is 2. The Hall–Kier alpha value is -1.42. The van der Waals surface area contributed by atoms with Crippen LogP contribution in [0.4, 0.5) is 9.59 Å². The summed E-state index contributed by atoms with van der Waals surface area (Å²) in [6, 6.07) is 0. The van der Waals surface area contributed by atoms with E-state index in [2.05, 4.69) is 30.6 Å². The molecule has 0 aliphatic rings. The summed E-state index contributed by atoms with van der Waals surface area (Å²) in [6.45, 7) is 7.92. The smallest absolute Gasteiger partial charge is 0.323 e. The van der Waals surface area contributed by atoms with Crippen LogP contribution in [0.15, 0.2) is 10.3 Å². The summed E-state index contributed by atoms with van der Waals surface area (Å²) in [6.07, 6.45) is 6.00. The number of amides is 2. The third kappa shape index (κ3) is 15.5. The molecule has 24 heavy (non-hydrogen) atoms. The molecule has 0 aliphatic heterocycles. The number of carbonyl (C=O) groups excluding carboxylic acids is 2. The van der Waals surface area contributed by atoms with Gasteiger partial charge in [-0.15, -0.1) is 0 Å². The van der Waals surface area contributed by atoms with Gasteiger partial charge in [0, 0.05) is 23.6 Å². The van der Waals surface area contributed by atoms with Crippen LogP contribution in [-0.4, -0.2) is 60.7 Å². The van der Waals surface area contributed by atoms with Crippen LogP contribution in [0, 0.1) is 0 Å². The molecular weight excluding hydrogens is 352 g/mol. The standard InChI is InChI=1S/2C7H14N2O2S/c2*1-7(2,12-4)5-9-11-6(10)8-3/h2*5H,1-4H3,(H,8,10). The second-order valence-corrected chi connectivity index (χ2v) is 8.26. The van der Waals surface area contributed by atoms with Gasteiger partial charge in [-0.1, -0.05) is 10.3 Å². The largest absolute Gasteiger partial charge is 0.433 e. The summed E-state index contributed by atoms with van der Waals surface area (Å²) in [5.74, 6) is 0. The zero-order chi connectivity index (χ0) is 19.2. The highest BCUT2D eigenvalue weighted by atomic mass is 32.2. The van der Waals surface area contributed by atoms with Crippen LogP contribution in [0.3, 0.4) is 0 Å². The fourth-order valence-corrected chi connectivity index (χ4v) is 0.896. The van der Waals surface area contributed by atoms with Crippen molar-refractivity contribution in [3.05, 3.63) is 0 Å². The van der Waals surface area contributed by atoms with Gasteiger partial charge in [-0.2, -0.15) is 23.5 Å². The normalized spacial score (nSPS) is 11.7. The Morgan fingerprint density at radius 3 is 1.33 bits per heavy atom. The van der Waals surface area contributed by atoms with Crippen molar-refractivity contribution in [1.29, 1.82) is 0 Å². The van der Waals surface area contributed by atoms with Crippen molar-refractivity contribution >= 4 is 48.1 Å². The number of hydrogen-bond donors (Lipinski definition) is 2. The van der Waals surface area contributed by atoms with Gasteiger partial charge >= 0.3 is 12.2 Å². The third-order valence-corrected chi connectivity index (χ3v) is 4.77. The number of oxime groups is 2. The van der Waals surface area contributed by atoms with Crippen LogP contribution >= 0.6 is 23.5 Å². The average Bonchev–Trinajstić information content (AvgIpc) is 2.54. The Balaban J connectivity index is 0. The molecule has 0 unspecified atom stereocenters. The summed E-state index contributed by atoms with van der Waals surface area (Å²) in [7, 11) is 2.97. The number of hydrogen-bond acceptors (Lipinski definition) is 8. The lowest BCUT2D eigenvalue weighted by Gasteiger charge is -2.13. The second-order valence-electron chi connectivity index (χ2n) is 5.34. The molecule has 0 rings (SSSR count). The second kappa shape index (κ2) is 12.9. The molecular formula is C14H28N4O4S2. The van der Waals surface area contributed by atoms with E-state index < -0.39 is 12.2 Å². The van der Waals surface area contributed by atoms with Crippen molar-refractivity contribution in [2.75, 3.05) is 26.6 Å². The maximum Gasteiger partial charge on any atom is 0.433 e. The number of thioether (sulfide) groups is 2. The Labute approximate surface area is 152 Å². The molecule has 140 valence electrons. The zero-order valence-electron chi connectivity index (χ0n) is 15.5. The van der Waals surface area contributed by atoms with Crippen LogP contribution in [-0.2, 0) is 9.68 Å². The molecule has 0 aliphatic carbocycles. The lowest BCUT2D eigenvalue weighted by atomic mass is 10.2. The van der Waals surface area contributed by atoms with Crippen LogP contribution in [0.1, 0.15) is 27.7 Å². The van der Waals surface area contributed by atoms with Crippen LogP contribution in [0.25, 0.3) is 0 Å². The minimum Gasteiger partial charge on any atom is -0.323 e. The summed E-state index contributed by atoms with van der Waals surface area (Å²) < 4.78 is -0.206. The summed E-state index contributed by atoms with van der Waals surface area (Å²) in [4.78, 5) is 29.9. The van der Waals surface area contributed by atoms with Crippen molar-refractivity contribution in [3.63, 3.8) is 0 Å². The van der Waals surface area contributed by atoms with Crippen molar-refractivity contribution < 1.29 is 19.3 Å². The van der Waals surface area contributed by atoms with Gasteiger partial charge in [-0.3, -0.25) is 9.68 Å². The van der Waals surface area contributed by atoms with Crippen molar-refractivity contribution in [3.8, 4) is 0 Å². The first kappa shape index (κ1) is 24.8. The molecule has 0 aromatic rings.